The molecule has 3 heterocycles. The largest absolute Gasteiger partial charge is 0.463 e. The van der Waals surface area contributed by atoms with Crippen molar-refractivity contribution in [3.8, 4) is 17.4 Å². The van der Waals surface area contributed by atoms with Gasteiger partial charge in [0.05, 0.1) is 6.26 Å². The van der Waals surface area contributed by atoms with Crippen LogP contribution in [0.2, 0.25) is 0 Å². The summed E-state index contributed by atoms with van der Waals surface area (Å²) in [5, 5.41) is 7.25. The maximum Gasteiger partial charge on any atom is 0.256 e. The average Bonchev–Trinajstić information content (AvgIpc) is 3.30. The molecule has 1 amide bonds. The summed E-state index contributed by atoms with van der Waals surface area (Å²) in [5.74, 6) is 0.715. The maximum atomic E-state index is 12.7. The van der Waals surface area contributed by atoms with Gasteiger partial charge in [-0.15, -0.1) is 0 Å². The van der Waals surface area contributed by atoms with Gasteiger partial charge in [-0.25, -0.2) is 4.98 Å². The Hall–Kier alpha value is -3.46. The summed E-state index contributed by atoms with van der Waals surface area (Å²) in [4.78, 5) is 31.5. The van der Waals surface area contributed by atoms with E-state index < -0.39 is 0 Å². The number of benzene rings is 1. The lowest BCUT2D eigenvalue weighted by Crippen LogP contribution is -2.18. The van der Waals surface area contributed by atoms with Gasteiger partial charge in [0.2, 0.25) is 5.95 Å². The van der Waals surface area contributed by atoms with Crippen molar-refractivity contribution in [2.75, 3.05) is 5.32 Å². The van der Waals surface area contributed by atoms with E-state index in [1.54, 1.807) is 43.3 Å². The number of aromatic nitrogens is 4. The van der Waals surface area contributed by atoms with Gasteiger partial charge in [-0.2, -0.15) is 9.78 Å². The van der Waals surface area contributed by atoms with Crippen molar-refractivity contribution in [1.29, 1.82) is 0 Å². The molecule has 4 aromatic rings. The number of hydrogen-bond donors (Lipinski definition) is 2. The molecular weight excluding hydrogens is 426 g/mol. The molecule has 3 aromatic heterocycles. The molecule has 0 atom stereocenters. The predicted molar refractivity (Wildman–Crippen MR) is 107 cm³/mol. The normalized spacial score (nSPS) is 10.8. The van der Waals surface area contributed by atoms with Crippen LogP contribution >= 0.6 is 15.9 Å². The molecule has 0 radical (unpaired) electrons. The molecule has 0 aliphatic heterocycles. The molecule has 4 rings (SSSR count). The molecule has 0 spiro atoms. The van der Waals surface area contributed by atoms with E-state index in [0.717, 1.165) is 4.47 Å². The van der Waals surface area contributed by atoms with Crippen molar-refractivity contribution >= 4 is 27.7 Å². The predicted octanol–water partition coefficient (Wildman–Crippen LogP) is 3.54. The number of aryl methyl sites for hydroxylation is 1. The molecule has 140 valence electrons. The minimum absolute atomic E-state index is 0.187. The van der Waals surface area contributed by atoms with Gasteiger partial charge in [-0.3, -0.25) is 14.6 Å². The minimum Gasteiger partial charge on any atom is -0.463 e. The van der Waals surface area contributed by atoms with E-state index >= 15 is 0 Å². The Balaban J connectivity index is 1.78. The Bertz CT molecular complexity index is 1210. The summed E-state index contributed by atoms with van der Waals surface area (Å²) in [5.41, 5.74) is 1.16. The molecule has 0 bridgehead atoms. The second-order valence-corrected chi connectivity index (χ2v) is 6.89. The van der Waals surface area contributed by atoms with Crippen LogP contribution in [0.25, 0.3) is 17.4 Å². The fraction of sp³-hybridized carbons (Fsp3) is 0.0526. The van der Waals surface area contributed by atoms with Crippen molar-refractivity contribution in [1.82, 2.24) is 19.7 Å². The van der Waals surface area contributed by atoms with Gasteiger partial charge >= 0.3 is 0 Å². The Kier molecular flexibility index (Phi) is 4.66. The third-order valence-corrected chi connectivity index (χ3v) is 4.36. The molecule has 28 heavy (non-hydrogen) atoms. The maximum absolute atomic E-state index is 12.7. The Morgan fingerprint density at radius 3 is 2.79 bits per heavy atom. The third-order valence-electron chi connectivity index (χ3n) is 3.87. The highest BCUT2D eigenvalue weighted by molar-refractivity contribution is 9.10. The molecule has 1 aromatic carbocycles. The molecule has 0 saturated heterocycles. The number of anilines is 1. The summed E-state index contributed by atoms with van der Waals surface area (Å²) >= 11 is 3.35. The fourth-order valence-corrected chi connectivity index (χ4v) is 3.06. The number of H-pyrrole nitrogens is 1. The van der Waals surface area contributed by atoms with Crippen molar-refractivity contribution in [2.45, 2.75) is 6.92 Å². The summed E-state index contributed by atoms with van der Waals surface area (Å²) < 4.78 is 7.54. The van der Waals surface area contributed by atoms with E-state index in [9.17, 15) is 9.59 Å². The Morgan fingerprint density at radius 2 is 2.07 bits per heavy atom. The van der Waals surface area contributed by atoms with Crippen LogP contribution in [-0.2, 0) is 0 Å². The third kappa shape index (κ3) is 3.65. The summed E-state index contributed by atoms with van der Waals surface area (Å²) in [6.07, 6.45) is 1.53. The topological polar surface area (TPSA) is 106 Å². The van der Waals surface area contributed by atoms with Gasteiger partial charge in [0.25, 0.3) is 11.5 Å². The number of carbonyl (C=O) groups excluding carboxylic acids is 1. The monoisotopic (exact) mass is 439 g/mol. The highest BCUT2D eigenvalue weighted by atomic mass is 79.9. The van der Waals surface area contributed by atoms with E-state index in [4.69, 9.17) is 4.42 Å². The van der Waals surface area contributed by atoms with Crippen LogP contribution < -0.4 is 10.9 Å². The highest BCUT2D eigenvalue weighted by Crippen LogP contribution is 2.24. The van der Waals surface area contributed by atoms with Crippen LogP contribution in [0, 0.1) is 6.92 Å². The second-order valence-electron chi connectivity index (χ2n) is 5.98. The lowest BCUT2D eigenvalue weighted by Gasteiger charge is -2.08. The van der Waals surface area contributed by atoms with E-state index in [1.807, 2.05) is 6.07 Å². The number of halogens is 1. The van der Waals surface area contributed by atoms with Crippen LogP contribution in [0.4, 0.5) is 5.82 Å². The van der Waals surface area contributed by atoms with Crippen LogP contribution in [0.1, 0.15) is 16.1 Å². The van der Waals surface area contributed by atoms with Crippen LogP contribution in [0.5, 0.6) is 0 Å². The molecule has 0 unspecified atom stereocenters. The first-order valence-corrected chi connectivity index (χ1v) is 9.08. The number of hydrogen-bond acceptors (Lipinski definition) is 5. The number of furan rings is 1. The first-order chi connectivity index (χ1) is 13.5. The van der Waals surface area contributed by atoms with Gasteiger partial charge in [0, 0.05) is 27.9 Å². The van der Waals surface area contributed by atoms with Gasteiger partial charge in [0.15, 0.2) is 5.76 Å². The lowest BCUT2D eigenvalue weighted by molar-refractivity contribution is 0.102. The Morgan fingerprint density at radius 1 is 1.21 bits per heavy atom. The van der Waals surface area contributed by atoms with Crippen molar-refractivity contribution in [2.24, 2.45) is 0 Å². The summed E-state index contributed by atoms with van der Waals surface area (Å²) in [6, 6.07) is 13.5. The molecule has 0 fully saturated rings. The number of rotatable bonds is 4. The standard InChI is InChI=1S/C19H14BrN5O3/c1-11-8-17(26)23-19(21-11)25-16(10-14(24-25)15-6-3-7-28-15)22-18(27)12-4-2-5-13(20)9-12/h2-10H,1H3,(H,22,27)(H,21,23,26). The van der Waals surface area contributed by atoms with Crippen molar-refractivity contribution < 1.29 is 9.21 Å². The van der Waals surface area contributed by atoms with Gasteiger partial charge < -0.3 is 9.73 Å². The van der Waals surface area contributed by atoms with Crippen molar-refractivity contribution in [3.63, 3.8) is 0 Å². The molecule has 0 aliphatic carbocycles. The van der Waals surface area contributed by atoms with Gasteiger partial charge in [-0.1, -0.05) is 22.0 Å². The quantitative estimate of drug-likeness (QED) is 0.505. The zero-order valence-corrected chi connectivity index (χ0v) is 16.2. The summed E-state index contributed by atoms with van der Waals surface area (Å²) in [7, 11) is 0. The number of nitrogens with zero attached hydrogens (tertiary/aromatic N) is 3. The minimum atomic E-state index is -0.330. The zero-order chi connectivity index (χ0) is 19.7. The molecular formula is C19H14BrN5O3. The average molecular weight is 440 g/mol. The SMILES string of the molecule is Cc1cc(=O)[nH]c(-n2nc(-c3ccco3)cc2NC(=O)c2cccc(Br)c2)n1. The van der Waals surface area contributed by atoms with E-state index in [1.165, 1.54) is 17.0 Å². The number of carbonyl (C=O) groups is 1. The first-order valence-electron chi connectivity index (χ1n) is 8.29. The molecule has 8 nitrogen and oxygen atoms in total. The molecule has 0 aliphatic rings. The van der Waals surface area contributed by atoms with Crippen molar-refractivity contribution in [3.05, 3.63) is 80.9 Å². The fourth-order valence-electron chi connectivity index (χ4n) is 2.66. The molecule has 2 N–H and O–H groups in total. The van der Waals surface area contributed by atoms with E-state index in [0.29, 0.717) is 28.5 Å². The van der Waals surface area contributed by atoms with Crippen LogP contribution in [-0.4, -0.2) is 25.7 Å². The first kappa shape index (κ1) is 17.9. The van der Waals surface area contributed by atoms with E-state index in [2.05, 4.69) is 36.3 Å². The lowest BCUT2D eigenvalue weighted by atomic mass is 10.2. The molecule has 0 saturated carbocycles. The van der Waals surface area contributed by atoms with Gasteiger partial charge in [0.1, 0.15) is 11.5 Å². The second kappa shape index (κ2) is 7.28. The smallest absolute Gasteiger partial charge is 0.256 e. The molecule has 9 heteroatoms. The van der Waals surface area contributed by atoms with E-state index in [-0.39, 0.29) is 17.4 Å². The highest BCUT2D eigenvalue weighted by Gasteiger charge is 2.17. The Labute approximate surface area is 167 Å². The zero-order valence-electron chi connectivity index (χ0n) is 14.6. The van der Waals surface area contributed by atoms with Crippen LogP contribution in [0.15, 0.2) is 68.5 Å². The number of nitrogens with one attached hydrogen (secondary N) is 2. The van der Waals surface area contributed by atoms with Crippen LogP contribution in [0.3, 0.4) is 0 Å². The number of aromatic amines is 1. The number of amides is 1. The van der Waals surface area contributed by atoms with Gasteiger partial charge in [-0.05, 0) is 37.3 Å². The summed E-state index contributed by atoms with van der Waals surface area (Å²) in [6.45, 7) is 1.70.